The third-order valence-electron chi connectivity index (χ3n) is 7.26. The van der Waals surface area contributed by atoms with Crippen molar-refractivity contribution in [1.82, 2.24) is 20.2 Å². The van der Waals surface area contributed by atoms with Gasteiger partial charge in [0.1, 0.15) is 12.7 Å². The van der Waals surface area contributed by atoms with E-state index in [1.165, 1.54) is 19.1 Å². The molecule has 0 fully saturated rings. The first-order valence-electron chi connectivity index (χ1n) is 13.0. The van der Waals surface area contributed by atoms with Crippen molar-refractivity contribution in [2.45, 2.75) is 51.1 Å². The highest BCUT2D eigenvalue weighted by Crippen LogP contribution is 2.31. The van der Waals surface area contributed by atoms with E-state index in [0.29, 0.717) is 16.6 Å². The lowest BCUT2D eigenvalue weighted by molar-refractivity contribution is -0.235. The van der Waals surface area contributed by atoms with Crippen LogP contribution in [0.2, 0.25) is 0 Å². The summed E-state index contributed by atoms with van der Waals surface area (Å²) in [7, 11) is 2.43. The number of aromatic nitrogens is 2. The molecule has 1 aromatic heterocycles. The van der Waals surface area contributed by atoms with Gasteiger partial charge in [0.05, 0.1) is 30.1 Å². The fraction of sp³-hybridized carbons (Fsp3) is 0.429. The van der Waals surface area contributed by atoms with Gasteiger partial charge >= 0.3 is 11.7 Å². The van der Waals surface area contributed by atoms with Crippen LogP contribution >= 0.6 is 0 Å². The first kappa shape index (κ1) is 29.0. The smallest absolute Gasteiger partial charge is 0.323 e. The molecule has 0 spiro atoms. The summed E-state index contributed by atoms with van der Waals surface area (Å²) in [6, 6.07) is 8.82. The number of nitrogens with zero attached hydrogens (tertiary/aromatic N) is 1. The molecule has 11 nitrogen and oxygen atoms in total. The fourth-order valence-electron chi connectivity index (χ4n) is 5.06. The molecule has 40 heavy (non-hydrogen) atoms. The number of methoxy groups -OCH3 is 2. The largest absolute Gasteiger partial charge is 0.466 e. The van der Waals surface area contributed by atoms with Crippen LogP contribution in [0.4, 0.5) is 4.39 Å². The van der Waals surface area contributed by atoms with Crippen LogP contribution in [0.25, 0.3) is 22.2 Å². The maximum absolute atomic E-state index is 14.1. The molecule has 0 saturated carbocycles. The SMILES string of the molecule is CCOC(=O)CC(NC(=O)[C@H](CC)N1Cc2ccc(-c3ccc4[nH]c(=O)[nH]c4c3)cc2C1=O)C(CF)(OC)OC. The Labute approximate surface area is 230 Å². The molecular formula is C28H33FN4O7. The van der Waals surface area contributed by atoms with Gasteiger partial charge in [-0.1, -0.05) is 25.1 Å². The lowest BCUT2D eigenvalue weighted by Gasteiger charge is -2.37. The molecule has 1 aliphatic rings. The van der Waals surface area contributed by atoms with Gasteiger partial charge in [-0.2, -0.15) is 0 Å². The second-order valence-corrected chi connectivity index (χ2v) is 9.49. The van der Waals surface area contributed by atoms with E-state index >= 15 is 0 Å². The summed E-state index contributed by atoms with van der Waals surface area (Å²) in [6.07, 6.45) is -0.124. The summed E-state index contributed by atoms with van der Waals surface area (Å²) < 4.78 is 29.6. The summed E-state index contributed by atoms with van der Waals surface area (Å²) in [6.45, 7) is 2.57. The summed E-state index contributed by atoms with van der Waals surface area (Å²) in [5, 5.41) is 2.68. The average molecular weight is 557 g/mol. The lowest BCUT2D eigenvalue weighted by Crippen LogP contribution is -2.60. The molecule has 2 aromatic carbocycles. The minimum Gasteiger partial charge on any atom is -0.466 e. The standard InChI is InChI=1S/C28H33FN4O7/c1-5-22(25(35)32-23(13-24(34)40-6-2)28(15-29,38-3)39-4)33-14-18-8-7-16(11-19(18)26(33)36)17-9-10-20-21(12-17)31-27(37)30-20/h7-12,22-23H,5-6,13-15H2,1-4H3,(H,32,35)(H2,30,31,37)/t22-,23?/m0/s1. The van der Waals surface area contributed by atoms with Gasteiger partial charge in [0.15, 0.2) is 0 Å². The van der Waals surface area contributed by atoms with E-state index in [9.17, 15) is 23.6 Å². The van der Waals surface area contributed by atoms with E-state index in [1.807, 2.05) is 24.3 Å². The number of nitrogens with one attached hydrogen (secondary N) is 3. The van der Waals surface area contributed by atoms with Gasteiger partial charge < -0.3 is 34.4 Å². The fourth-order valence-corrected chi connectivity index (χ4v) is 5.06. The van der Waals surface area contributed by atoms with Crippen molar-refractivity contribution in [1.29, 1.82) is 0 Å². The summed E-state index contributed by atoms with van der Waals surface area (Å²) >= 11 is 0. The predicted molar refractivity (Wildman–Crippen MR) is 144 cm³/mol. The topological polar surface area (TPSA) is 143 Å². The summed E-state index contributed by atoms with van der Waals surface area (Å²) in [5.74, 6) is -3.48. The summed E-state index contributed by atoms with van der Waals surface area (Å²) in [4.78, 5) is 57.8. The highest BCUT2D eigenvalue weighted by atomic mass is 19.1. The van der Waals surface area contributed by atoms with Crippen molar-refractivity contribution in [3.8, 4) is 11.1 Å². The van der Waals surface area contributed by atoms with E-state index in [-0.39, 0.29) is 31.2 Å². The monoisotopic (exact) mass is 556 g/mol. The normalized spacial score (nSPS) is 14.7. The van der Waals surface area contributed by atoms with Crippen LogP contribution in [0.3, 0.4) is 0 Å². The number of carbonyl (C=O) groups is 3. The number of rotatable bonds is 12. The number of amides is 2. The van der Waals surface area contributed by atoms with Gasteiger partial charge in [-0.25, -0.2) is 9.18 Å². The molecule has 2 heterocycles. The molecule has 0 radical (unpaired) electrons. The molecule has 12 heteroatoms. The third-order valence-corrected chi connectivity index (χ3v) is 7.26. The van der Waals surface area contributed by atoms with Crippen molar-refractivity contribution < 1.29 is 33.0 Å². The molecule has 2 amide bonds. The molecule has 1 unspecified atom stereocenters. The number of hydrogen-bond donors (Lipinski definition) is 3. The minimum atomic E-state index is -1.92. The second-order valence-electron chi connectivity index (χ2n) is 9.49. The van der Waals surface area contributed by atoms with Gasteiger partial charge in [-0.05, 0) is 48.2 Å². The zero-order chi connectivity index (χ0) is 29.0. The Balaban J connectivity index is 1.57. The average Bonchev–Trinajstić information content (AvgIpc) is 3.48. The number of hydrogen-bond acceptors (Lipinski definition) is 7. The Morgan fingerprint density at radius 2 is 1.73 bits per heavy atom. The van der Waals surface area contributed by atoms with Crippen molar-refractivity contribution in [3.05, 3.63) is 58.0 Å². The van der Waals surface area contributed by atoms with E-state index in [2.05, 4.69) is 15.3 Å². The molecule has 214 valence electrons. The quantitative estimate of drug-likeness (QED) is 0.230. The maximum Gasteiger partial charge on any atom is 0.323 e. The molecule has 2 atom stereocenters. The van der Waals surface area contributed by atoms with E-state index < -0.39 is 42.8 Å². The molecular weight excluding hydrogens is 523 g/mol. The van der Waals surface area contributed by atoms with Crippen molar-refractivity contribution in [2.75, 3.05) is 27.5 Å². The van der Waals surface area contributed by atoms with Crippen LogP contribution in [-0.2, 0) is 30.3 Å². The van der Waals surface area contributed by atoms with Gasteiger partial charge in [-0.3, -0.25) is 14.4 Å². The Kier molecular flexibility index (Phi) is 8.70. The van der Waals surface area contributed by atoms with E-state index in [1.54, 1.807) is 26.0 Å². The number of fused-ring (bicyclic) bond motifs is 2. The highest BCUT2D eigenvalue weighted by Gasteiger charge is 2.44. The number of benzene rings is 2. The van der Waals surface area contributed by atoms with Gasteiger partial charge in [0.25, 0.3) is 5.91 Å². The van der Waals surface area contributed by atoms with Crippen LogP contribution in [0.1, 0.15) is 42.6 Å². The number of ether oxygens (including phenoxy) is 3. The Morgan fingerprint density at radius 1 is 1.05 bits per heavy atom. The maximum atomic E-state index is 14.1. The molecule has 0 saturated heterocycles. The minimum absolute atomic E-state index is 0.110. The van der Waals surface area contributed by atoms with Crippen LogP contribution < -0.4 is 11.0 Å². The predicted octanol–water partition coefficient (Wildman–Crippen LogP) is 2.65. The Bertz CT molecular complexity index is 1450. The second kappa shape index (κ2) is 12.0. The summed E-state index contributed by atoms with van der Waals surface area (Å²) in [5.41, 5.74) is 3.82. The molecule has 4 rings (SSSR count). The van der Waals surface area contributed by atoms with E-state index in [0.717, 1.165) is 16.7 Å². The van der Waals surface area contributed by atoms with Crippen LogP contribution in [0.5, 0.6) is 0 Å². The number of H-pyrrole nitrogens is 2. The van der Waals surface area contributed by atoms with Crippen LogP contribution in [0.15, 0.2) is 41.2 Å². The number of halogens is 1. The van der Waals surface area contributed by atoms with Crippen molar-refractivity contribution in [2.24, 2.45) is 0 Å². The molecule has 0 aliphatic carbocycles. The van der Waals surface area contributed by atoms with Gasteiger partial charge in [0.2, 0.25) is 11.7 Å². The molecule has 0 bridgehead atoms. The Morgan fingerprint density at radius 3 is 2.38 bits per heavy atom. The first-order chi connectivity index (χ1) is 19.2. The molecule has 3 aromatic rings. The zero-order valence-corrected chi connectivity index (χ0v) is 22.8. The first-order valence-corrected chi connectivity index (χ1v) is 13.0. The Hall–Kier alpha value is -4.03. The highest BCUT2D eigenvalue weighted by molar-refractivity contribution is 6.02. The number of aromatic amines is 2. The number of imidazole rings is 1. The van der Waals surface area contributed by atoms with Gasteiger partial charge in [-0.15, -0.1) is 0 Å². The van der Waals surface area contributed by atoms with Crippen molar-refractivity contribution in [3.63, 3.8) is 0 Å². The van der Waals surface area contributed by atoms with Crippen molar-refractivity contribution >= 4 is 28.8 Å². The van der Waals surface area contributed by atoms with Crippen LogP contribution in [-0.4, -0.2) is 78.0 Å². The zero-order valence-electron chi connectivity index (χ0n) is 22.8. The number of alkyl halides is 1. The molecule has 1 aliphatic heterocycles. The lowest BCUT2D eigenvalue weighted by atomic mass is 10.00. The van der Waals surface area contributed by atoms with E-state index in [4.69, 9.17) is 14.2 Å². The third kappa shape index (κ3) is 5.50. The number of carbonyl (C=O) groups excluding carboxylic acids is 3. The van der Waals surface area contributed by atoms with Crippen LogP contribution in [0, 0.1) is 0 Å². The molecule has 3 N–H and O–H groups in total. The number of esters is 1. The van der Waals surface area contributed by atoms with Gasteiger partial charge in [0, 0.05) is 26.3 Å².